The SMILES string of the molecule is CCC1(c2c(I)c(Cl)c3cnc(N[C@@H]4CCN(C(=O)OC(C)(C)C)C[C@H]4O)nn23)CCC1. The number of anilines is 1. The van der Waals surface area contributed by atoms with Gasteiger partial charge in [0.2, 0.25) is 5.95 Å². The number of hydrogen-bond donors (Lipinski definition) is 2. The molecule has 1 saturated heterocycles. The number of amides is 1. The number of halogens is 2. The monoisotopic (exact) mass is 575 g/mol. The Hall–Kier alpha value is -1.33. The number of hydrogen-bond acceptors (Lipinski definition) is 6. The molecule has 2 N–H and O–H groups in total. The molecule has 3 heterocycles. The first-order chi connectivity index (χ1) is 15.0. The van der Waals surface area contributed by atoms with Gasteiger partial charge in [-0.3, -0.25) is 0 Å². The van der Waals surface area contributed by atoms with E-state index in [2.05, 4.69) is 39.8 Å². The number of nitrogens with one attached hydrogen (secondary N) is 1. The van der Waals surface area contributed by atoms with E-state index in [0.29, 0.717) is 23.9 Å². The molecule has 0 radical (unpaired) electrons. The van der Waals surface area contributed by atoms with Gasteiger partial charge in [0.05, 0.1) is 39.2 Å². The van der Waals surface area contributed by atoms with E-state index < -0.39 is 17.8 Å². The molecular weight excluding hydrogens is 545 g/mol. The number of β-amino-alcohol motifs (C(OH)–C–C–N with tert-alkyl or cyclic N) is 1. The van der Waals surface area contributed by atoms with Crippen molar-refractivity contribution in [2.24, 2.45) is 0 Å². The molecule has 4 rings (SSSR count). The minimum Gasteiger partial charge on any atom is -0.444 e. The lowest BCUT2D eigenvalue weighted by Crippen LogP contribution is -2.52. The number of carbonyl (C=O) groups is 1. The molecule has 0 aromatic carbocycles. The molecule has 32 heavy (non-hydrogen) atoms. The van der Waals surface area contributed by atoms with Crippen molar-refractivity contribution in [3.05, 3.63) is 20.5 Å². The Kier molecular flexibility index (Phi) is 6.54. The van der Waals surface area contributed by atoms with Crippen molar-refractivity contribution < 1.29 is 14.6 Å². The molecule has 2 aromatic rings. The third-order valence-corrected chi connectivity index (χ3v) is 8.36. The van der Waals surface area contributed by atoms with Crippen LogP contribution in [0.3, 0.4) is 0 Å². The van der Waals surface area contributed by atoms with Crippen LogP contribution in [0, 0.1) is 3.57 Å². The van der Waals surface area contributed by atoms with Crippen LogP contribution in [0.1, 0.15) is 65.5 Å². The number of aliphatic hydroxyl groups is 1. The van der Waals surface area contributed by atoms with E-state index in [4.69, 9.17) is 21.4 Å². The van der Waals surface area contributed by atoms with Crippen molar-refractivity contribution in [2.45, 2.75) is 83.0 Å². The third-order valence-electron chi connectivity index (χ3n) is 6.61. The van der Waals surface area contributed by atoms with Crippen LogP contribution in [-0.4, -0.2) is 61.5 Å². The van der Waals surface area contributed by atoms with E-state index in [1.165, 1.54) is 6.42 Å². The molecule has 0 spiro atoms. The topological polar surface area (TPSA) is 92.0 Å². The zero-order valence-electron chi connectivity index (χ0n) is 19.0. The zero-order chi connectivity index (χ0) is 23.3. The van der Waals surface area contributed by atoms with Crippen molar-refractivity contribution in [1.82, 2.24) is 19.5 Å². The van der Waals surface area contributed by atoms with Gasteiger partial charge in [-0.2, -0.15) is 0 Å². The standard InChI is InChI=1S/C22H31ClIN5O3/c1-5-22(8-6-9-22)18-17(24)16(23)14-11-25-19(27-29(14)18)26-13-7-10-28(12-15(13)30)20(31)32-21(2,3)4/h11,13,15,30H,5-10,12H2,1-4H3,(H,26,27)/t13-,15-/m1/s1. The number of piperidine rings is 1. The second-order valence-corrected chi connectivity index (χ2v) is 11.3. The Balaban J connectivity index is 1.52. The Morgan fingerprint density at radius 2 is 2.16 bits per heavy atom. The number of fused-ring (bicyclic) bond motifs is 1. The summed E-state index contributed by atoms with van der Waals surface area (Å²) in [5.41, 5.74) is 1.51. The van der Waals surface area contributed by atoms with Crippen molar-refractivity contribution in [2.75, 3.05) is 18.4 Å². The van der Waals surface area contributed by atoms with Crippen LogP contribution in [0.15, 0.2) is 6.20 Å². The first-order valence-corrected chi connectivity index (χ1v) is 12.7. The molecule has 1 aliphatic carbocycles. The molecule has 176 valence electrons. The minimum absolute atomic E-state index is 0.108. The maximum Gasteiger partial charge on any atom is 0.410 e. The van der Waals surface area contributed by atoms with Gasteiger partial charge >= 0.3 is 6.09 Å². The maximum atomic E-state index is 12.3. The predicted octanol–water partition coefficient (Wildman–Crippen LogP) is 4.60. The smallest absolute Gasteiger partial charge is 0.410 e. The number of rotatable bonds is 4. The van der Waals surface area contributed by atoms with Crippen molar-refractivity contribution in [1.29, 1.82) is 0 Å². The second kappa shape index (κ2) is 8.79. The number of aromatic nitrogens is 3. The van der Waals surface area contributed by atoms with Gasteiger partial charge in [-0.15, -0.1) is 5.10 Å². The first kappa shape index (κ1) is 23.8. The van der Waals surface area contributed by atoms with Crippen LogP contribution in [0.2, 0.25) is 5.02 Å². The fourth-order valence-electron chi connectivity index (χ4n) is 4.62. The summed E-state index contributed by atoms with van der Waals surface area (Å²) in [4.78, 5) is 18.3. The lowest BCUT2D eigenvalue weighted by atomic mass is 9.65. The summed E-state index contributed by atoms with van der Waals surface area (Å²) in [5.74, 6) is 0.446. The normalized spacial score (nSPS) is 23.2. The first-order valence-electron chi connectivity index (χ1n) is 11.2. The van der Waals surface area contributed by atoms with Crippen molar-refractivity contribution in [3.8, 4) is 0 Å². The molecular formula is C22H31ClIN5O3. The van der Waals surface area contributed by atoms with E-state index in [0.717, 1.165) is 34.0 Å². The van der Waals surface area contributed by atoms with Gasteiger partial charge < -0.3 is 20.1 Å². The molecule has 0 bridgehead atoms. The lowest BCUT2D eigenvalue weighted by Gasteiger charge is -2.41. The quantitative estimate of drug-likeness (QED) is 0.518. The molecule has 1 aliphatic heterocycles. The Labute approximate surface area is 207 Å². The number of carbonyl (C=O) groups excluding carboxylic acids is 1. The summed E-state index contributed by atoms with van der Waals surface area (Å²) in [5, 5.41) is 19.4. The average molecular weight is 576 g/mol. The van der Waals surface area contributed by atoms with Crippen molar-refractivity contribution in [3.63, 3.8) is 0 Å². The maximum absolute atomic E-state index is 12.3. The average Bonchev–Trinajstić information content (AvgIpc) is 2.93. The Bertz CT molecular complexity index is 1010. The van der Waals surface area contributed by atoms with Gasteiger partial charge in [-0.1, -0.05) is 24.9 Å². The molecule has 1 saturated carbocycles. The molecule has 2 atom stereocenters. The molecule has 8 nitrogen and oxygen atoms in total. The summed E-state index contributed by atoms with van der Waals surface area (Å²) in [7, 11) is 0. The number of aliphatic hydroxyl groups excluding tert-OH is 1. The highest BCUT2D eigenvalue weighted by molar-refractivity contribution is 14.1. The van der Waals surface area contributed by atoms with Gasteiger partial charge in [0.1, 0.15) is 11.1 Å². The van der Waals surface area contributed by atoms with Crippen LogP contribution in [0.4, 0.5) is 10.7 Å². The number of likely N-dealkylation sites (tertiary alicyclic amines) is 1. The summed E-state index contributed by atoms with van der Waals surface area (Å²) in [6.07, 6.45) is 5.68. The van der Waals surface area contributed by atoms with Gasteiger partial charge in [0, 0.05) is 12.0 Å². The van der Waals surface area contributed by atoms with Gasteiger partial charge in [0.25, 0.3) is 0 Å². The zero-order valence-corrected chi connectivity index (χ0v) is 21.9. The van der Waals surface area contributed by atoms with E-state index in [1.54, 1.807) is 11.1 Å². The predicted molar refractivity (Wildman–Crippen MR) is 132 cm³/mol. The summed E-state index contributed by atoms with van der Waals surface area (Å²) < 4.78 is 8.41. The molecule has 2 fully saturated rings. The van der Waals surface area contributed by atoms with E-state index in [9.17, 15) is 9.90 Å². The fourth-order valence-corrected chi connectivity index (χ4v) is 5.92. The van der Waals surface area contributed by atoms with E-state index in [1.807, 2.05) is 25.3 Å². The Morgan fingerprint density at radius 1 is 1.44 bits per heavy atom. The van der Waals surface area contributed by atoms with E-state index in [-0.39, 0.29) is 18.0 Å². The largest absolute Gasteiger partial charge is 0.444 e. The second-order valence-electron chi connectivity index (χ2n) is 9.88. The van der Waals surface area contributed by atoms with Gasteiger partial charge in [-0.05, 0) is 69.0 Å². The number of nitrogens with zero attached hydrogens (tertiary/aromatic N) is 4. The molecule has 2 aliphatic rings. The highest BCUT2D eigenvalue weighted by Crippen LogP contribution is 2.49. The fraction of sp³-hybridized carbons (Fsp3) is 0.682. The van der Waals surface area contributed by atoms with Crippen LogP contribution < -0.4 is 5.32 Å². The minimum atomic E-state index is -0.753. The van der Waals surface area contributed by atoms with Crippen LogP contribution in [-0.2, 0) is 10.2 Å². The van der Waals surface area contributed by atoms with Crippen LogP contribution >= 0.6 is 34.2 Å². The summed E-state index contributed by atoms with van der Waals surface area (Å²) >= 11 is 8.95. The Morgan fingerprint density at radius 3 is 2.72 bits per heavy atom. The summed E-state index contributed by atoms with van der Waals surface area (Å²) in [6, 6.07) is -0.261. The lowest BCUT2D eigenvalue weighted by molar-refractivity contribution is 0.00112. The molecule has 2 aromatic heterocycles. The highest BCUT2D eigenvalue weighted by Gasteiger charge is 2.42. The van der Waals surface area contributed by atoms with Crippen molar-refractivity contribution >= 4 is 51.8 Å². The van der Waals surface area contributed by atoms with Gasteiger partial charge in [0.15, 0.2) is 0 Å². The third kappa shape index (κ3) is 4.40. The van der Waals surface area contributed by atoms with E-state index >= 15 is 0 Å². The summed E-state index contributed by atoms with van der Waals surface area (Å²) in [6.45, 7) is 8.41. The molecule has 10 heteroatoms. The van der Waals surface area contributed by atoms with Crippen LogP contribution in [0.5, 0.6) is 0 Å². The van der Waals surface area contributed by atoms with Gasteiger partial charge in [-0.25, -0.2) is 14.3 Å². The van der Waals surface area contributed by atoms with Crippen LogP contribution in [0.25, 0.3) is 5.52 Å². The molecule has 1 amide bonds. The highest BCUT2D eigenvalue weighted by atomic mass is 127. The molecule has 0 unspecified atom stereocenters. The number of ether oxygens (including phenoxy) is 1.